The van der Waals surface area contributed by atoms with Gasteiger partial charge in [0, 0.05) is 18.1 Å². The van der Waals surface area contributed by atoms with E-state index in [-0.39, 0.29) is 17.3 Å². The van der Waals surface area contributed by atoms with E-state index >= 15 is 0 Å². The number of hydrogen-bond donors (Lipinski definition) is 0. The Morgan fingerprint density at radius 3 is 2.25 bits per heavy atom. The van der Waals surface area contributed by atoms with E-state index in [4.69, 9.17) is 16.3 Å². The summed E-state index contributed by atoms with van der Waals surface area (Å²) in [5.41, 5.74) is 1.63. The maximum absolute atomic E-state index is 13.6. The summed E-state index contributed by atoms with van der Waals surface area (Å²) in [6.45, 7) is 4.38. The molecule has 3 aromatic carbocycles. The highest BCUT2D eigenvalue weighted by molar-refractivity contribution is 7.92. The first-order valence-corrected chi connectivity index (χ1v) is 14.1. The van der Waals surface area contributed by atoms with Gasteiger partial charge in [-0.3, -0.25) is 4.31 Å². The van der Waals surface area contributed by atoms with Gasteiger partial charge in [-0.2, -0.15) is 0 Å². The van der Waals surface area contributed by atoms with Crippen LogP contribution in [0.25, 0.3) is 0 Å². The van der Waals surface area contributed by atoms with Gasteiger partial charge in [-0.05, 0) is 86.8 Å². The standard InChI is InChI=1S/C28H33ClN2O3S.ClH/c29-25-14-16-27(17-15-25)35(32,33)31(26-11-3-1-4-12-26)22-18-24-10-5-6-13-28(24)34-23-9-21-30-19-7-2-8-20-30;/h1,3-6,10-17H,2,7-9,18-23H2;1H. The summed E-state index contributed by atoms with van der Waals surface area (Å²) < 4.78 is 34.7. The Kier molecular flexibility index (Phi) is 10.9. The number of sulfonamides is 1. The zero-order valence-corrected chi connectivity index (χ0v) is 22.8. The van der Waals surface area contributed by atoms with Crippen molar-refractivity contribution in [1.82, 2.24) is 4.90 Å². The van der Waals surface area contributed by atoms with Crippen LogP contribution in [0.15, 0.2) is 83.8 Å². The highest BCUT2D eigenvalue weighted by Gasteiger charge is 2.25. The second kappa shape index (κ2) is 13.9. The molecule has 1 fully saturated rings. The molecule has 1 heterocycles. The molecule has 1 aliphatic rings. The molecule has 0 amide bonds. The van der Waals surface area contributed by atoms with Crippen LogP contribution < -0.4 is 9.04 Å². The number of hydrogen-bond acceptors (Lipinski definition) is 4. The van der Waals surface area contributed by atoms with Gasteiger partial charge in [0.05, 0.1) is 17.2 Å². The van der Waals surface area contributed by atoms with Crippen LogP contribution in [0.1, 0.15) is 31.2 Å². The fourth-order valence-corrected chi connectivity index (χ4v) is 6.03. The third kappa shape index (κ3) is 7.62. The molecule has 4 rings (SSSR count). The lowest BCUT2D eigenvalue weighted by Gasteiger charge is -2.26. The molecular weight excluding hydrogens is 515 g/mol. The van der Waals surface area contributed by atoms with Gasteiger partial charge in [0.25, 0.3) is 10.0 Å². The lowest BCUT2D eigenvalue weighted by Crippen LogP contribution is -2.33. The van der Waals surface area contributed by atoms with Crippen LogP contribution in [0.2, 0.25) is 5.02 Å². The molecule has 8 heteroatoms. The summed E-state index contributed by atoms with van der Waals surface area (Å²) in [4.78, 5) is 2.73. The van der Waals surface area contributed by atoms with Gasteiger partial charge in [-0.1, -0.05) is 54.4 Å². The third-order valence-electron chi connectivity index (χ3n) is 6.33. The topological polar surface area (TPSA) is 49.9 Å². The first-order chi connectivity index (χ1) is 17.0. The van der Waals surface area contributed by atoms with Crippen LogP contribution in [0, 0.1) is 0 Å². The molecule has 0 N–H and O–H groups in total. The van der Waals surface area contributed by atoms with E-state index in [0.29, 0.717) is 30.3 Å². The molecule has 0 bridgehead atoms. The summed E-state index contributed by atoms with van der Waals surface area (Å²) >= 11 is 5.99. The smallest absolute Gasteiger partial charge is 0.264 e. The lowest BCUT2D eigenvalue weighted by atomic mass is 10.1. The lowest BCUT2D eigenvalue weighted by molar-refractivity contribution is 0.204. The molecule has 3 aromatic rings. The molecule has 36 heavy (non-hydrogen) atoms. The van der Waals surface area contributed by atoms with Crippen molar-refractivity contribution in [3.63, 3.8) is 0 Å². The van der Waals surface area contributed by atoms with Crippen LogP contribution in [-0.4, -0.2) is 46.1 Å². The average Bonchev–Trinajstić information content (AvgIpc) is 2.89. The Labute approximate surface area is 226 Å². The van der Waals surface area contributed by atoms with Crippen LogP contribution in [0.4, 0.5) is 5.69 Å². The van der Waals surface area contributed by atoms with E-state index in [1.54, 1.807) is 24.3 Å². The number of halogens is 2. The molecular formula is C28H34Cl2N2O3S. The fourth-order valence-electron chi connectivity index (χ4n) is 4.44. The van der Waals surface area contributed by atoms with E-state index < -0.39 is 10.0 Å². The molecule has 0 radical (unpaired) electrons. The van der Waals surface area contributed by atoms with Crippen molar-refractivity contribution in [3.8, 4) is 5.75 Å². The van der Waals surface area contributed by atoms with Crippen LogP contribution in [0.3, 0.4) is 0 Å². The van der Waals surface area contributed by atoms with Crippen molar-refractivity contribution in [2.45, 2.75) is 37.0 Å². The minimum absolute atomic E-state index is 0. The fraction of sp³-hybridized carbons (Fsp3) is 0.357. The first kappa shape index (κ1) is 28.3. The molecule has 5 nitrogen and oxygen atoms in total. The SMILES string of the molecule is Cl.O=S(=O)(c1ccc(Cl)cc1)N(CCc1ccccc1OCCCN1CCCCC1)c1ccccc1. The highest BCUT2D eigenvalue weighted by Crippen LogP contribution is 2.26. The van der Waals surface area contributed by atoms with Gasteiger partial charge in [0.2, 0.25) is 0 Å². The van der Waals surface area contributed by atoms with Crippen molar-refractivity contribution < 1.29 is 13.2 Å². The predicted molar refractivity (Wildman–Crippen MR) is 150 cm³/mol. The summed E-state index contributed by atoms with van der Waals surface area (Å²) in [6.07, 6.45) is 5.44. The van der Waals surface area contributed by atoms with Gasteiger partial charge in [0.1, 0.15) is 5.75 Å². The minimum atomic E-state index is -3.76. The predicted octanol–water partition coefficient (Wildman–Crippen LogP) is 6.45. The second-order valence-electron chi connectivity index (χ2n) is 8.83. The molecule has 0 saturated carbocycles. The molecule has 1 aliphatic heterocycles. The largest absolute Gasteiger partial charge is 0.493 e. The molecule has 194 valence electrons. The zero-order valence-electron chi connectivity index (χ0n) is 20.4. The molecule has 0 atom stereocenters. The number of likely N-dealkylation sites (tertiary alicyclic amines) is 1. The Morgan fingerprint density at radius 2 is 1.53 bits per heavy atom. The van der Waals surface area contributed by atoms with Crippen LogP contribution in [0.5, 0.6) is 5.75 Å². The highest BCUT2D eigenvalue weighted by atomic mass is 35.5. The zero-order chi connectivity index (χ0) is 24.5. The van der Waals surface area contributed by atoms with Gasteiger partial charge < -0.3 is 9.64 Å². The molecule has 0 aliphatic carbocycles. The Balaban J connectivity index is 0.00000361. The van der Waals surface area contributed by atoms with Gasteiger partial charge in [0.15, 0.2) is 0 Å². The van der Waals surface area contributed by atoms with Crippen molar-refractivity contribution in [3.05, 3.63) is 89.4 Å². The van der Waals surface area contributed by atoms with E-state index in [9.17, 15) is 8.42 Å². The quantitative estimate of drug-likeness (QED) is 0.258. The van der Waals surface area contributed by atoms with E-state index in [2.05, 4.69) is 4.90 Å². The van der Waals surface area contributed by atoms with Crippen LogP contribution >= 0.6 is 24.0 Å². The Bertz CT molecular complexity index is 1170. The monoisotopic (exact) mass is 548 g/mol. The van der Waals surface area contributed by atoms with Crippen molar-refractivity contribution in [1.29, 1.82) is 0 Å². The summed E-state index contributed by atoms with van der Waals surface area (Å²) in [5.74, 6) is 0.822. The summed E-state index contributed by atoms with van der Waals surface area (Å²) in [7, 11) is -3.76. The second-order valence-corrected chi connectivity index (χ2v) is 11.1. The van der Waals surface area contributed by atoms with Crippen molar-refractivity contribution in [2.24, 2.45) is 0 Å². The van der Waals surface area contributed by atoms with Crippen molar-refractivity contribution >= 4 is 39.7 Å². The first-order valence-electron chi connectivity index (χ1n) is 12.3. The summed E-state index contributed by atoms with van der Waals surface area (Å²) in [6, 6.07) is 23.4. The Morgan fingerprint density at radius 1 is 0.861 bits per heavy atom. The summed E-state index contributed by atoms with van der Waals surface area (Å²) in [5, 5.41) is 0.501. The Hall–Kier alpha value is -2.25. The number of piperidine rings is 1. The van der Waals surface area contributed by atoms with E-state index in [1.165, 1.54) is 36.7 Å². The molecule has 0 unspecified atom stereocenters. The van der Waals surface area contributed by atoms with Crippen molar-refractivity contribution in [2.75, 3.05) is 37.1 Å². The number of ether oxygens (including phenoxy) is 1. The third-order valence-corrected chi connectivity index (χ3v) is 8.42. The maximum Gasteiger partial charge on any atom is 0.264 e. The number of anilines is 1. The van der Waals surface area contributed by atoms with E-state index in [0.717, 1.165) is 24.3 Å². The molecule has 0 spiro atoms. The van der Waals surface area contributed by atoms with Gasteiger partial charge in [-0.15, -0.1) is 12.4 Å². The van der Waals surface area contributed by atoms with Crippen LogP contribution in [-0.2, 0) is 16.4 Å². The number of nitrogens with zero attached hydrogens (tertiary/aromatic N) is 2. The van der Waals surface area contributed by atoms with Gasteiger partial charge in [-0.25, -0.2) is 8.42 Å². The number of benzene rings is 3. The normalized spacial score (nSPS) is 14.1. The average molecular weight is 550 g/mol. The molecule has 0 aromatic heterocycles. The number of rotatable bonds is 11. The maximum atomic E-state index is 13.6. The van der Waals surface area contributed by atoms with E-state index in [1.807, 2.05) is 54.6 Å². The number of para-hydroxylation sites is 2. The minimum Gasteiger partial charge on any atom is -0.493 e. The van der Waals surface area contributed by atoms with Gasteiger partial charge >= 0.3 is 0 Å². The molecule has 1 saturated heterocycles.